The third-order valence-electron chi connectivity index (χ3n) is 3.74. The van der Waals surface area contributed by atoms with E-state index in [4.69, 9.17) is 10.5 Å². The maximum atomic E-state index is 12.2. The zero-order valence-electron chi connectivity index (χ0n) is 13.1. The van der Waals surface area contributed by atoms with Gasteiger partial charge in [-0.3, -0.25) is 4.79 Å². The largest absolute Gasteiger partial charge is 0.495 e. The molecule has 4 heteroatoms. The number of rotatable bonds is 6. The van der Waals surface area contributed by atoms with E-state index in [1.807, 2.05) is 0 Å². The van der Waals surface area contributed by atoms with E-state index in [0.717, 1.165) is 0 Å². The van der Waals surface area contributed by atoms with E-state index in [9.17, 15) is 4.79 Å². The molecular formula is C16H26N2O2. The number of methoxy groups -OCH3 is 1. The molecule has 0 atom stereocenters. The summed E-state index contributed by atoms with van der Waals surface area (Å²) in [6.07, 6.45) is 0. The van der Waals surface area contributed by atoms with Gasteiger partial charge in [0.15, 0.2) is 0 Å². The molecule has 112 valence electrons. The Labute approximate surface area is 121 Å². The quantitative estimate of drug-likeness (QED) is 0.786. The van der Waals surface area contributed by atoms with Crippen LogP contribution in [0.4, 0.5) is 5.69 Å². The monoisotopic (exact) mass is 278 g/mol. The number of para-hydroxylation sites is 1. The second-order valence-corrected chi connectivity index (χ2v) is 5.78. The first-order valence-corrected chi connectivity index (χ1v) is 7.09. The molecule has 0 saturated carbocycles. The lowest BCUT2D eigenvalue weighted by Crippen LogP contribution is -2.34. The minimum atomic E-state index is -0.146. The number of amides is 1. The second-order valence-electron chi connectivity index (χ2n) is 5.78. The zero-order valence-corrected chi connectivity index (χ0v) is 13.1. The fraction of sp³-hybridized carbons (Fsp3) is 0.562. The topological polar surface area (TPSA) is 64.3 Å². The molecule has 0 aliphatic heterocycles. The van der Waals surface area contributed by atoms with Crippen molar-refractivity contribution < 1.29 is 9.53 Å². The molecule has 0 heterocycles. The molecule has 0 spiro atoms. The Bertz CT molecular complexity index is 448. The molecule has 1 amide bonds. The molecule has 0 aliphatic carbocycles. The van der Waals surface area contributed by atoms with E-state index in [2.05, 4.69) is 33.0 Å². The summed E-state index contributed by atoms with van der Waals surface area (Å²) in [5, 5.41) is 2.98. The lowest BCUT2D eigenvalue weighted by atomic mass is 9.85. The summed E-state index contributed by atoms with van der Waals surface area (Å²) in [6, 6.07) is 5.23. The van der Waals surface area contributed by atoms with Crippen LogP contribution in [0.1, 0.15) is 38.1 Å². The number of carbonyl (C=O) groups is 1. The molecule has 4 nitrogen and oxygen atoms in total. The van der Waals surface area contributed by atoms with Gasteiger partial charge in [0.1, 0.15) is 5.75 Å². The van der Waals surface area contributed by atoms with Gasteiger partial charge < -0.3 is 15.8 Å². The van der Waals surface area contributed by atoms with Gasteiger partial charge in [-0.2, -0.15) is 0 Å². The molecule has 0 radical (unpaired) electrons. The highest BCUT2D eigenvalue weighted by Crippen LogP contribution is 2.25. The SMILES string of the molecule is COc1cccc(C(=O)NCC(C(C)C)C(C)C)c1N. The number of hydrogen-bond acceptors (Lipinski definition) is 3. The molecule has 0 aliphatic rings. The summed E-state index contributed by atoms with van der Waals surface area (Å²) in [4.78, 5) is 12.2. The Morgan fingerprint density at radius 1 is 1.25 bits per heavy atom. The average molecular weight is 278 g/mol. The van der Waals surface area contributed by atoms with Crippen LogP contribution >= 0.6 is 0 Å². The lowest BCUT2D eigenvalue weighted by molar-refractivity contribution is 0.0938. The van der Waals surface area contributed by atoms with Gasteiger partial charge in [0.2, 0.25) is 0 Å². The van der Waals surface area contributed by atoms with Crippen LogP contribution in [0.5, 0.6) is 5.75 Å². The molecule has 1 aromatic carbocycles. The second kappa shape index (κ2) is 7.17. The van der Waals surface area contributed by atoms with Gasteiger partial charge in [-0.25, -0.2) is 0 Å². The van der Waals surface area contributed by atoms with Crippen molar-refractivity contribution in [2.45, 2.75) is 27.7 Å². The Morgan fingerprint density at radius 3 is 2.35 bits per heavy atom. The summed E-state index contributed by atoms with van der Waals surface area (Å²) in [7, 11) is 1.54. The number of anilines is 1. The van der Waals surface area contributed by atoms with Crippen molar-refractivity contribution >= 4 is 11.6 Å². The highest BCUT2D eigenvalue weighted by molar-refractivity contribution is 6.00. The first-order chi connectivity index (χ1) is 9.38. The van der Waals surface area contributed by atoms with Crippen molar-refractivity contribution in [3.8, 4) is 5.75 Å². The first-order valence-electron chi connectivity index (χ1n) is 7.09. The highest BCUT2D eigenvalue weighted by atomic mass is 16.5. The fourth-order valence-electron chi connectivity index (χ4n) is 2.47. The molecule has 1 aromatic rings. The van der Waals surface area contributed by atoms with E-state index in [0.29, 0.717) is 41.3 Å². The normalized spacial score (nSPS) is 11.2. The van der Waals surface area contributed by atoms with Crippen LogP contribution in [0.2, 0.25) is 0 Å². The lowest BCUT2D eigenvalue weighted by Gasteiger charge is -2.25. The standard InChI is InChI=1S/C16H26N2O2/c1-10(2)13(11(3)4)9-18-16(19)12-7-6-8-14(20-5)15(12)17/h6-8,10-11,13H,9,17H2,1-5H3,(H,18,19). The van der Waals surface area contributed by atoms with E-state index in [-0.39, 0.29) is 5.91 Å². The van der Waals surface area contributed by atoms with E-state index >= 15 is 0 Å². The molecule has 0 aromatic heterocycles. The van der Waals surface area contributed by atoms with Crippen molar-refractivity contribution in [1.29, 1.82) is 0 Å². The smallest absolute Gasteiger partial charge is 0.253 e. The van der Waals surface area contributed by atoms with Crippen LogP contribution in [0.25, 0.3) is 0 Å². The van der Waals surface area contributed by atoms with Gasteiger partial charge in [-0.15, -0.1) is 0 Å². The third-order valence-corrected chi connectivity index (χ3v) is 3.74. The maximum Gasteiger partial charge on any atom is 0.253 e. The molecule has 0 fully saturated rings. The fourth-order valence-corrected chi connectivity index (χ4v) is 2.47. The third kappa shape index (κ3) is 3.89. The van der Waals surface area contributed by atoms with Gasteiger partial charge in [-0.1, -0.05) is 33.8 Å². The number of carbonyl (C=O) groups excluding carboxylic acids is 1. The number of nitrogens with one attached hydrogen (secondary N) is 1. The Morgan fingerprint density at radius 2 is 1.85 bits per heavy atom. The van der Waals surface area contributed by atoms with Crippen molar-refractivity contribution in [2.24, 2.45) is 17.8 Å². The molecule has 0 saturated heterocycles. The molecule has 0 unspecified atom stereocenters. The summed E-state index contributed by atoms with van der Waals surface area (Å²) in [5.41, 5.74) is 6.79. The Hall–Kier alpha value is -1.71. The maximum absolute atomic E-state index is 12.2. The van der Waals surface area contributed by atoms with Gasteiger partial charge in [0, 0.05) is 6.54 Å². The number of ether oxygens (including phenoxy) is 1. The van der Waals surface area contributed by atoms with E-state index < -0.39 is 0 Å². The van der Waals surface area contributed by atoms with Crippen LogP contribution in [-0.4, -0.2) is 19.6 Å². The molecule has 1 rings (SSSR count). The molecule has 3 N–H and O–H groups in total. The predicted octanol–water partition coefficient (Wildman–Crippen LogP) is 2.94. The molecule has 20 heavy (non-hydrogen) atoms. The van der Waals surface area contributed by atoms with Crippen LogP contribution in [-0.2, 0) is 0 Å². The van der Waals surface area contributed by atoms with Crippen LogP contribution in [0.15, 0.2) is 18.2 Å². The van der Waals surface area contributed by atoms with Crippen molar-refractivity contribution in [3.05, 3.63) is 23.8 Å². The summed E-state index contributed by atoms with van der Waals surface area (Å²) >= 11 is 0. The molecule has 0 bridgehead atoms. The highest BCUT2D eigenvalue weighted by Gasteiger charge is 2.19. The number of benzene rings is 1. The van der Waals surface area contributed by atoms with Crippen LogP contribution in [0.3, 0.4) is 0 Å². The number of nitrogen functional groups attached to an aromatic ring is 1. The van der Waals surface area contributed by atoms with E-state index in [1.165, 1.54) is 0 Å². The summed E-state index contributed by atoms with van der Waals surface area (Å²) in [6.45, 7) is 9.37. The number of hydrogen-bond donors (Lipinski definition) is 2. The summed E-state index contributed by atoms with van der Waals surface area (Å²) in [5.74, 6) is 1.89. The Kier molecular flexibility index (Phi) is 5.86. The van der Waals surface area contributed by atoms with Crippen molar-refractivity contribution in [3.63, 3.8) is 0 Å². The Balaban J connectivity index is 2.77. The van der Waals surface area contributed by atoms with Crippen LogP contribution < -0.4 is 15.8 Å². The summed E-state index contributed by atoms with van der Waals surface area (Å²) < 4.78 is 5.13. The first kappa shape index (κ1) is 16.3. The van der Waals surface area contributed by atoms with Gasteiger partial charge in [-0.05, 0) is 29.9 Å². The van der Waals surface area contributed by atoms with Gasteiger partial charge in [0.05, 0.1) is 18.4 Å². The number of nitrogens with two attached hydrogens (primary N) is 1. The zero-order chi connectivity index (χ0) is 15.3. The minimum Gasteiger partial charge on any atom is -0.495 e. The predicted molar refractivity (Wildman–Crippen MR) is 82.9 cm³/mol. The van der Waals surface area contributed by atoms with Gasteiger partial charge in [0.25, 0.3) is 5.91 Å². The molecular weight excluding hydrogens is 252 g/mol. The van der Waals surface area contributed by atoms with E-state index in [1.54, 1.807) is 25.3 Å². The van der Waals surface area contributed by atoms with Crippen molar-refractivity contribution in [2.75, 3.05) is 19.4 Å². The average Bonchev–Trinajstić information content (AvgIpc) is 2.38. The minimum absolute atomic E-state index is 0.146. The van der Waals surface area contributed by atoms with Crippen LogP contribution in [0, 0.1) is 17.8 Å². The van der Waals surface area contributed by atoms with Gasteiger partial charge >= 0.3 is 0 Å². The van der Waals surface area contributed by atoms with Crippen molar-refractivity contribution in [1.82, 2.24) is 5.32 Å².